The van der Waals surface area contributed by atoms with E-state index >= 15 is 0 Å². The van der Waals surface area contributed by atoms with Crippen LogP contribution in [-0.4, -0.2) is 13.4 Å². The zero-order valence-electron chi connectivity index (χ0n) is 9.62. The number of halogens is 2. The molecule has 0 aliphatic rings. The Hall–Kier alpha value is -1.36. The third-order valence-electron chi connectivity index (χ3n) is 2.36. The second-order valence-electron chi connectivity index (χ2n) is 3.66. The van der Waals surface area contributed by atoms with Crippen LogP contribution in [0, 0.1) is 0 Å². The van der Waals surface area contributed by atoms with Gasteiger partial charge in [-0.05, 0) is 24.3 Å². The summed E-state index contributed by atoms with van der Waals surface area (Å²) >= 11 is 11.7. The van der Waals surface area contributed by atoms with E-state index in [4.69, 9.17) is 23.2 Å². The molecule has 1 aromatic carbocycles. The minimum absolute atomic E-state index is 0.0629. The van der Waals surface area contributed by atoms with Crippen molar-refractivity contribution in [2.24, 2.45) is 0 Å². The summed E-state index contributed by atoms with van der Waals surface area (Å²) in [6.07, 6.45) is 2.93. The monoisotopic (exact) mass is 313 g/mol. The first-order valence-electron chi connectivity index (χ1n) is 5.29. The summed E-state index contributed by atoms with van der Waals surface area (Å²) in [5, 5.41) is 1.49. The number of aromatic nitrogens is 1. The van der Waals surface area contributed by atoms with Gasteiger partial charge in [-0.1, -0.05) is 41.4 Å². The van der Waals surface area contributed by atoms with E-state index in [0.29, 0.717) is 5.56 Å². The number of hydrogen-bond donors (Lipinski definition) is 0. The SMILES string of the molecule is O=S(=O)(C=Cc1cccnc1Cl)c1ccccc1Cl. The fourth-order valence-electron chi connectivity index (χ4n) is 1.43. The van der Waals surface area contributed by atoms with Gasteiger partial charge in [0.1, 0.15) is 5.15 Å². The Morgan fingerprint density at radius 3 is 2.47 bits per heavy atom. The van der Waals surface area contributed by atoms with Crippen LogP contribution in [0.4, 0.5) is 0 Å². The molecular formula is C13H9Cl2NO2S. The van der Waals surface area contributed by atoms with Gasteiger partial charge in [-0.3, -0.25) is 0 Å². The minimum atomic E-state index is -3.60. The van der Waals surface area contributed by atoms with E-state index in [1.807, 2.05) is 0 Å². The Labute approximate surface area is 121 Å². The van der Waals surface area contributed by atoms with E-state index in [-0.39, 0.29) is 15.1 Å². The molecule has 0 amide bonds. The molecule has 1 heterocycles. The highest BCUT2D eigenvalue weighted by Crippen LogP contribution is 2.23. The van der Waals surface area contributed by atoms with Gasteiger partial charge in [-0.25, -0.2) is 13.4 Å². The van der Waals surface area contributed by atoms with Crippen LogP contribution in [0.15, 0.2) is 52.9 Å². The van der Waals surface area contributed by atoms with Crippen LogP contribution in [0.25, 0.3) is 6.08 Å². The molecule has 98 valence electrons. The molecule has 0 spiro atoms. The van der Waals surface area contributed by atoms with Gasteiger partial charge >= 0.3 is 0 Å². The van der Waals surface area contributed by atoms with Crippen LogP contribution < -0.4 is 0 Å². The van der Waals surface area contributed by atoms with Gasteiger partial charge in [-0.2, -0.15) is 0 Å². The number of benzene rings is 1. The van der Waals surface area contributed by atoms with Crippen LogP contribution >= 0.6 is 23.2 Å². The average Bonchev–Trinajstić information content (AvgIpc) is 2.38. The number of hydrogen-bond acceptors (Lipinski definition) is 3. The smallest absolute Gasteiger partial charge is 0.201 e. The molecule has 0 bridgehead atoms. The standard InChI is InChI=1S/C13H9Cl2NO2S/c14-11-5-1-2-6-12(11)19(17,18)9-7-10-4-3-8-16-13(10)15/h1-9H. The van der Waals surface area contributed by atoms with Crippen molar-refractivity contribution in [3.05, 3.63) is 63.7 Å². The molecule has 0 radical (unpaired) electrons. The summed E-state index contributed by atoms with van der Waals surface area (Å²) in [6, 6.07) is 9.61. The van der Waals surface area contributed by atoms with Gasteiger partial charge in [0.2, 0.25) is 9.84 Å². The lowest BCUT2D eigenvalue weighted by Crippen LogP contribution is -1.96. The Morgan fingerprint density at radius 2 is 1.79 bits per heavy atom. The van der Waals surface area contributed by atoms with Crippen LogP contribution in [0.5, 0.6) is 0 Å². The highest BCUT2D eigenvalue weighted by Gasteiger charge is 2.14. The third kappa shape index (κ3) is 3.35. The summed E-state index contributed by atoms with van der Waals surface area (Å²) in [7, 11) is -3.60. The summed E-state index contributed by atoms with van der Waals surface area (Å²) < 4.78 is 24.2. The first-order chi connectivity index (χ1) is 9.00. The second kappa shape index (κ2) is 5.74. The largest absolute Gasteiger partial charge is 0.244 e. The topological polar surface area (TPSA) is 47.0 Å². The molecule has 1 aromatic heterocycles. The molecule has 2 aromatic rings. The molecule has 6 heteroatoms. The van der Waals surface area contributed by atoms with Gasteiger partial charge in [0.25, 0.3) is 0 Å². The Morgan fingerprint density at radius 1 is 1.05 bits per heavy atom. The summed E-state index contributed by atoms with van der Waals surface area (Å²) in [6.45, 7) is 0. The van der Waals surface area contributed by atoms with E-state index in [9.17, 15) is 8.42 Å². The molecule has 0 N–H and O–H groups in total. The van der Waals surface area contributed by atoms with E-state index < -0.39 is 9.84 Å². The molecular weight excluding hydrogens is 305 g/mol. The van der Waals surface area contributed by atoms with E-state index in [2.05, 4.69) is 4.98 Å². The van der Waals surface area contributed by atoms with Crippen molar-refractivity contribution in [1.29, 1.82) is 0 Å². The van der Waals surface area contributed by atoms with Crippen LogP contribution in [0.2, 0.25) is 10.2 Å². The van der Waals surface area contributed by atoms with Gasteiger partial charge in [0, 0.05) is 17.2 Å². The predicted molar refractivity (Wildman–Crippen MR) is 76.9 cm³/mol. The zero-order valence-corrected chi connectivity index (χ0v) is 12.0. The van der Waals surface area contributed by atoms with Gasteiger partial charge < -0.3 is 0 Å². The maximum atomic E-state index is 12.1. The predicted octanol–water partition coefficient (Wildman–Crippen LogP) is 3.83. The van der Waals surface area contributed by atoms with Crippen molar-refractivity contribution in [3.8, 4) is 0 Å². The molecule has 0 atom stereocenters. The third-order valence-corrected chi connectivity index (χ3v) is 4.58. The minimum Gasteiger partial charge on any atom is -0.244 e. The van der Waals surface area contributed by atoms with Gasteiger partial charge in [0.05, 0.1) is 9.92 Å². The summed E-state index contributed by atoms with van der Waals surface area (Å²) in [5.41, 5.74) is 0.528. The normalized spacial score (nSPS) is 11.9. The lowest BCUT2D eigenvalue weighted by molar-refractivity contribution is 0.605. The first-order valence-corrected chi connectivity index (χ1v) is 7.59. The molecule has 0 fully saturated rings. The van der Waals surface area contributed by atoms with Crippen molar-refractivity contribution in [2.45, 2.75) is 4.90 Å². The lowest BCUT2D eigenvalue weighted by Gasteiger charge is -2.01. The Kier molecular flexibility index (Phi) is 4.24. The zero-order chi connectivity index (χ0) is 13.9. The van der Waals surface area contributed by atoms with Crippen LogP contribution in [0.3, 0.4) is 0 Å². The van der Waals surface area contributed by atoms with E-state index in [1.54, 1.807) is 24.3 Å². The van der Waals surface area contributed by atoms with Gasteiger partial charge in [0.15, 0.2) is 0 Å². The molecule has 19 heavy (non-hydrogen) atoms. The van der Waals surface area contributed by atoms with Crippen LogP contribution in [-0.2, 0) is 9.84 Å². The lowest BCUT2D eigenvalue weighted by atomic mass is 10.3. The van der Waals surface area contributed by atoms with Gasteiger partial charge in [-0.15, -0.1) is 0 Å². The first kappa shape index (κ1) is 14.1. The van der Waals surface area contributed by atoms with Crippen LogP contribution in [0.1, 0.15) is 5.56 Å². The highest BCUT2D eigenvalue weighted by atomic mass is 35.5. The quantitative estimate of drug-likeness (QED) is 0.809. The summed E-state index contributed by atoms with van der Waals surface area (Å²) in [4.78, 5) is 3.93. The number of pyridine rings is 1. The Bertz CT molecular complexity index is 727. The van der Waals surface area contributed by atoms with E-state index in [1.165, 1.54) is 24.4 Å². The van der Waals surface area contributed by atoms with Crippen molar-refractivity contribution in [1.82, 2.24) is 4.98 Å². The van der Waals surface area contributed by atoms with Crippen molar-refractivity contribution in [3.63, 3.8) is 0 Å². The molecule has 0 aliphatic heterocycles. The number of nitrogens with zero attached hydrogens (tertiary/aromatic N) is 1. The van der Waals surface area contributed by atoms with Crippen molar-refractivity contribution < 1.29 is 8.42 Å². The molecule has 0 aliphatic carbocycles. The molecule has 0 saturated heterocycles. The second-order valence-corrected chi connectivity index (χ2v) is 6.23. The van der Waals surface area contributed by atoms with Crippen molar-refractivity contribution >= 4 is 39.1 Å². The molecule has 0 unspecified atom stereocenters. The fraction of sp³-hybridized carbons (Fsp3) is 0. The van der Waals surface area contributed by atoms with E-state index in [0.717, 1.165) is 5.41 Å². The highest BCUT2D eigenvalue weighted by molar-refractivity contribution is 7.94. The molecule has 0 saturated carbocycles. The maximum absolute atomic E-state index is 12.1. The summed E-state index contributed by atoms with van der Waals surface area (Å²) in [5.74, 6) is 0. The molecule has 3 nitrogen and oxygen atoms in total. The number of rotatable bonds is 3. The number of sulfone groups is 1. The Balaban J connectivity index is 2.38. The molecule has 2 rings (SSSR count). The fourth-order valence-corrected chi connectivity index (χ4v) is 3.16. The van der Waals surface area contributed by atoms with Crippen molar-refractivity contribution in [2.75, 3.05) is 0 Å². The average molecular weight is 314 g/mol. The maximum Gasteiger partial charge on any atom is 0.201 e.